The highest BCUT2D eigenvalue weighted by molar-refractivity contribution is 5.79. The Morgan fingerprint density at radius 3 is 2.56 bits per heavy atom. The lowest BCUT2D eigenvalue weighted by atomic mass is 10.00. The van der Waals surface area contributed by atoms with Crippen LogP contribution in [0.5, 0.6) is 0 Å². The number of nitrogens with zero attached hydrogens (tertiary/aromatic N) is 2. The van der Waals surface area contributed by atoms with Gasteiger partial charge in [-0.15, -0.1) is 0 Å². The van der Waals surface area contributed by atoms with Crippen LogP contribution in [-0.4, -0.2) is 28.4 Å². The van der Waals surface area contributed by atoms with E-state index in [1.54, 1.807) is 6.92 Å². The fourth-order valence-corrected chi connectivity index (χ4v) is 2.14. The summed E-state index contributed by atoms with van der Waals surface area (Å²) in [6.45, 7) is 8.47. The fourth-order valence-electron chi connectivity index (χ4n) is 2.14. The second-order valence-electron chi connectivity index (χ2n) is 4.89. The van der Waals surface area contributed by atoms with Gasteiger partial charge < -0.3 is 10.5 Å². The molecule has 5 heteroatoms. The highest BCUT2D eigenvalue weighted by atomic mass is 16.5. The van der Waals surface area contributed by atoms with Crippen molar-refractivity contribution in [2.24, 2.45) is 5.73 Å². The van der Waals surface area contributed by atoms with Crippen molar-refractivity contribution in [3.8, 4) is 0 Å². The van der Waals surface area contributed by atoms with Crippen molar-refractivity contribution in [1.82, 2.24) is 9.78 Å². The van der Waals surface area contributed by atoms with Crippen molar-refractivity contribution in [2.75, 3.05) is 7.11 Å². The summed E-state index contributed by atoms with van der Waals surface area (Å²) < 4.78 is 6.61. The molecule has 0 aliphatic heterocycles. The number of rotatable bonds is 5. The van der Waals surface area contributed by atoms with Crippen LogP contribution in [0.2, 0.25) is 0 Å². The van der Waals surface area contributed by atoms with E-state index in [9.17, 15) is 4.79 Å². The van der Waals surface area contributed by atoms with Crippen LogP contribution in [0.25, 0.3) is 0 Å². The van der Waals surface area contributed by atoms with Gasteiger partial charge in [0.15, 0.2) is 0 Å². The molecule has 1 rings (SSSR count). The smallest absolute Gasteiger partial charge is 0.325 e. The van der Waals surface area contributed by atoms with Gasteiger partial charge in [-0.25, -0.2) is 0 Å². The van der Waals surface area contributed by atoms with Crippen LogP contribution < -0.4 is 5.73 Å². The Morgan fingerprint density at radius 2 is 2.11 bits per heavy atom. The minimum absolute atomic E-state index is 0.389. The Balaban J connectivity index is 2.78. The second kappa shape index (κ2) is 5.52. The van der Waals surface area contributed by atoms with E-state index in [2.05, 4.69) is 12.0 Å². The Hall–Kier alpha value is -1.36. The van der Waals surface area contributed by atoms with Crippen molar-refractivity contribution < 1.29 is 9.53 Å². The molecule has 0 radical (unpaired) electrons. The number of carbonyl (C=O) groups excluding carboxylic acids is 1. The first kappa shape index (κ1) is 14.7. The lowest BCUT2D eigenvalue weighted by Gasteiger charge is -2.21. The molecule has 0 aliphatic rings. The molecule has 1 aromatic rings. The molecule has 18 heavy (non-hydrogen) atoms. The van der Waals surface area contributed by atoms with Gasteiger partial charge in [-0.3, -0.25) is 9.48 Å². The van der Waals surface area contributed by atoms with E-state index in [4.69, 9.17) is 10.5 Å². The summed E-state index contributed by atoms with van der Waals surface area (Å²) in [6, 6.07) is 0. The Kier molecular flexibility index (Phi) is 4.51. The molecule has 5 nitrogen and oxygen atoms in total. The van der Waals surface area contributed by atoms with E-state index in [-0.39, 0.29) is 5.97 Å². The Labute approximate surface area is 108 Å². The van der Waals surface area contributed by atoms with Gasteiger partial charge in [0.25, 0.3) is 0 Å². The van der Waals surface area contributed by atoms with Gasteiger partial charge in [0, 0.05) is 12.2 Å². The van der Waals surface area contributed by atoms with Gasteiger partial charge in [-0.05, 0) is 39.2 Å². The number of hydrogen-bond acceptors (Lipinski definition) is 4. The molecule has 1 unspecified atom stereocenters. The average molecular weight is 253 g/mol. The summed E-state index contributed by atoms with van der Waals surface area (Å²) in [7, 11) is 1.35. The van der Waals surface area contributed by atoms with E-state index < -0.39 is 5.54 Å². The first-order chi connectivity index (χ1) is 8.33. The van der Waals surface area contributed by atoms with Crippen molar-refractivity contribution in [2.45, 2.75) is 52.6 Å². The van der Waals surface area contributed by atoms with E-state index in [1.165, 1.54) is 12.7 Å². The number of ether oxygens (including phenoxy) is 1. The Morgan fingerprint density at radius 1 is 1.50 bits per heavy atom. The maximum atomic E-state index is 11.5. The normalized spacial score (nSPS) is 14.3. The van der Waals surface area contributed by atoms with Crippen LogP contribution in [0.1, 0.15) is 37.2 Å². The van der Waals surface area contributed by atoms with Gasteiger partial charge in [0.1, 0.15) is 5.54 Å². The molecule has 0 saturated heterocycles. The number of aromatic nitrogens is 2. The molecule has 1 atom stereocenters. The summed E-state index contributed by atoms with van der Waals surface area (Å²) in [4.78, 5) is 11.5. The highest BCUT2D eigenvalue weighted by Crippen LogP contribution is 2.16. The third kappa shape index (κ3) is 2.90. The molecule has 0 aliphatic carbocycles. The monoisotopic (exact) mass is 253 g/mol. The van der Waals surface area contributed by atoms with Crippen LogP contribution >= 0.6 is 0 Å². The van der Waals surface area contributed by atoms with Crippen molar-refractivity contribution in [3.63, 3.8) is 0 Å². The number of esters is 1. The molecule has 0 saturated carbocycles. The van der Waals surface area contributed by atoms with Crippen LogP contribution in [0.15, 0.2) is 0 Å². The van der Waals surface area contributed by atoms with Crippen LogP contribution in [0, 0.1) is 13.8 Å². The fraction of sp³-hybridized carbons (Fsp3) is 0.692. The summed E-state index contributed by atoms with van der Waals surface area (Å²) in [5.41, 5.74) is 8.43. The van der Waals surface area contributed by atoms with Crippen molar-refractivity contribution >= 4 is 5.97 Å². The highest BCUT2D eigenvalue weighted by Gasteiger charge is 2.29. The predicted molar refractivity (Wildman–Crippen MR) is 70.3 cm³/mol. The molecule has 2 N–H and O–H groups in total. The average Bonchev–Trinajstić information content (AvgIpc) is 2.60. The van der Waals surface area contributed by atoms with Gasteiger partial charge in [-0.1, -0.05) is 6.92 Å². The van der Waals surface area contributed by atoms with E-state index >= 15 is 0 Å². The third-order valence-electron chi connectivity index (χ3n) is 3.38. The summed E-state index contributed by atoms with van der Waals surface area (Å²) in [6.07, 6.45) is 1.47. The molecule has 0 spiro atoms. The van der Waals surface area contributed by atoms with Crippen molar-refractivity contribution in [1.29, 1.82) is 0 Å². The molecular weight excluding hydrogens is 230 g/mol. The lowest BCUT2D eigenvalue weighted by Crippen LogP contribution is -2.46. The quantitative estimate of drug-likeness (QED) is 0.804. The first-order valence-corrected chi connectivity index (χ1v) is 6.23. The maximum absolute atomic E-state index is 11.5. The van der Waals surface area contributed by atoms with Crippen molar-refractivity contribution in [3.05, 3.63) is 17.0 Å². The summed E-state index contributed by atoms with van der Waals surface area (Å²) in [5.74, 6) is -0.389. The zero-order valence-corrected chi connectivity index (χ0v) is 11.9. The summed E-state index contributed by atoms with van der Waals surface area (Å²) >= 11 is 0. The Bertz CT molecular complexity index is 436. The van der Waals surface area contributed by atoms with E-state index in [1.807, 2.05) is 18.5 Å². The molecule has 0 aromatic carbocycles. The molecule has 0 amide bonds. The van der Waals surface area contributed by atoms with Crippen LogP contribution in [0.4, 0.5) is 0 Å². The number of nitrogens with two attached hydrogens (primary N) is 1. The maximum Gasteiger partial charge on any atom is 0.325 e. The number of carbonyl (C=O) groups is 1. The lowest BCUT2D eigenvalue weighted by molar-refractivity contribution is -0.146. The molecule has 1 heterocycles. The number of hydrogen-bond donors (Lipinski definition) is 1. The predicted octanol–water partition coefficient (Wildman–Crippen LogP) is 1.34. The second-order valence-corrected chi connectivity index (χ2v) is 4.89. The topological polar surface area (TPSA) is 70.1 Å². The van der Waals surface area contributed by atoms with Gasteiger partial charge in [0.2, 0.25) is 0 Å². The number of methoxy groups -OCH3 is 1. The van der Waals surface area contributed by atoms with Gasteiger partial charge in [0.05, 0.1) is 12.8 Å². The third-order valence-corrected chi connectivity index (χ3v) is 3.38. The first-order valence-electron chi connectivity index (χ1n) is 6.23. The number of aryl methyl sites for hydroxylation is 2. The molecule has 102 valence electrons. The van der Waals surface area contributed by atoms with Gasteiger partial charge >= 0.3 is 5.97 Å². The molecule has 0 bridgehead atoms. The molecule has 0 fully saturated rings. The minimum Gasteiger partial charge on any atom is -0.468 e. The zero-order chi connectivity index (χ0) is 13.9. The molecule has 1 aromatic heterocycles. The standard InChI is InChI=1S/C13H23N3O2/c1-6-11-9(2)15-16(10(11)3)8-7-13(4,14)12(17)18-5/h6-8,14H2,1-5H3. The SMILES string of the molecule is CCc1c(C)nn(CCC(C)(N)C(=O)OC)c1C. The van der Waals surface area contributed by atoms with E-state index in [0.29, 0.717) is 13.0 Å². The van der Waals surface area contributed by atoms with Crippen LogP contribution in [0.3, 0.4) is 0 Å². The zero-order valence-electron chi connectivity index (χ0n) is 11.9. The molecular formula is C13H23N3O2. The summed E-state index contributed by atoms with van der Waals surface area (Å²) in [5, 5.41) is 4.48. The largest absolute Gasteiger partial charge is 0.468 e. The van der Waals surface area contributed by atoms with E-state index in [0.717, 1.165) is 17.8 Å². The van der Waals surface area contributed by atoms with Gasteiger partial charge in [-0.2, -0.15) is 5.10 Å². The van der Waals surface area contributed by atoms with Crippen LogP contribution in [-0.2, 0) is 22.5 Å². The minimum atomic E-state index is -0.965.